The molecular weight excluding hydrogens is 280 g/mol. The molecule has 0 aliphatic carbocycles. The van der Waals surface area contributed by atoms with E-state index in [1.807, 2.05) is 30.3 Å². The molecule has 0 bridgehead atoms. The van der Waals surface area contributed by atoms with E-state index in [2.05, 4.69) is 10.2 Å². The molecule has 0 unspecified atom stereocenters. The number of nitrogens with one attached hydrogen (secondary N) is 1. The minimum Gasteiger partial charge on any atom is -0.383 e. The molecule has 1 amide bonds. The van der Waals surface area contributed by atoms with E-state index >= 15 is 0 Å². The molecule has 0 radical (unpaired) electrons. The normalized spacial score (nSPS) is 20.0. The Kier molecular flexibility index (Phi) is 6.83. The first-order chi connectivity index (χ1) is 10.7. The van der Waals surface area contributed by atoms with Gasteiger partial charge >= 0.3 is 0 Å². The van der Waals surface area contributed by atoms with E-state index in [1.54, 1.807) is 14.2 Å². The van der Waals surface area contributed by atoms with Crippen molar-refractivity contribution in [3.63, 3.8) is 0 Å². The SMILES string of the molecule is COCCN1CC[C@@H](CNC(=O)[C@H](OC)c2ccccc2)C1. The third-order valence-electron chi connectivity index (χ3n) is 4.12. The van der Waals surface area contributed by atoms with Crippen LogP contribution in [-0.4, -0.2) is 57.8 Å². The Labute approximate surface area is 132 Å². The van der Waals surface area contributed by atoms with Gasteiger partial charge in [-0.25, -0.2) is 0 Å². The molecule has 0 spiro atoms. The van der Waals surface area contributed by atoms with Gasteiger partial charge in [0.05, 0.1) is 6.61 Å². The Morgan fingerprint density at radius 3 is 2.82 bits per heavy atom. The average Bonchev–Trinajstić information content (AvgIpc) is 3.00. The van der Waals surface area contributed by atoms with Gasteiger partial charge in [-0.05, 0) is 24.4 Å². The third kappa shape index (κ3) is 4.80. The van der Waals surface area contributed by atoms with E-state index in [9.17, 15) is 4.79 Å². The average molecular weight is 306 g/mol. The van der Waals surface area contributed by atoms with E-state index in [-0.39, 0.29) is 5.91 Å². The first-order valence-corrected chi connectivity index (χ1v) is 7.81. The van der Waals surface area contributed by atoms with Crippen LogP contribution >= 0.6 is 0 Å². The zero-order valence-electron chi connectivity index (χ0n) is 13.5. The van der Waals surface area contributed by atoms with E-state index in [1.165, 1.54) is 0 Å². The standard InChI is InChI=1S/C17H26N2O3/c1-21-11-10-19-9-8-14(13-19)12-18-17(20)16(22-2)15-6-4-3-5-7-15/h3-7,14,16H,8-13H2,1-2H3,(H,18,20)/t14-,16+/m0/s1. The van der Waals surface area contributed by atoms with Crippen LogP contribution in [0.4, 0.5) is 0 Å². The molecule has 2 rings (SSSR count). The summed E-state index contributed by atoms with van der Waals surface area (Å²) in [6, 6.07) is 9.59. The number of amides is 1. The molecule has 1 aliphatic heterocycles. The van der Waals surface area contributed by atoms with Gasteiger partial charge in [0.15, 0.2) is 6.10 Å². The number of carbonyl (C=O) groups excluding carboxylic acids is 1. The molecule has 5 heteroatoms. The van der Waals surface area contributed by atoms with Crippen LogP contribution in [0, 0.1) is 5.92 Å². The largest absolute Gasteiger partial charge is 0.383 e. The van der Waals surface area contributed by atoms with Crippen molar-refractivity contribution in [2.24, 2.45) is 5.92 Å². The van der Waals surface area contributed by atoms with Gasteiger partial charge in [-0.15, -0.1) is 0 Å². The summed E-state index contributed by atoms with van der Waals surface area (Å²) in [6.45, 7) is 4.53. The maximum absolute atomic E-state index is 12.3. The van der Waals surface area contributed by atoms with E-state index in [0.29, 0.717) is 12.5 Å². The van der Waals surface area contributed by atoms with Crippen molar-refractivity contribution in [2.75, 3.05) is 47.0 Å². The molecule has 1 aliphatic rings. The lowest BCUT2D eigenvalue weighted by molar-refractivity contribution is -0.131. The highest BCUT2D eigenvalue weighted by Crippen LogP contribution is 2.18. The lowest BCUT2D eigenvalue weighted by Crippen LogP contribution is -2.35. The van der Waals surface area contributed by atoms with Crippen LogP contribution in [0.2, 0.25) is 0 Å². The van der Waals surface area contributed by atoms with E-state index in [4.69, 9.17) is 9.47 Å². The van der Waals surface area contributed by atoms with Crippen LogP contribution in [0.25, 0.3) is 0 Å². The van der Waals surface area contributed by atoms with Crippen molar-refractivity contribution < 1.29 is 14.3 Å². The number of ether oxygens (including phenoxy) is 2. The molecule has 1 saturated heterocycles. The fourth-order valence-electron chi connectivity index (χ4n) is 2.86. The molecule has 22 heavy (non-hydrogen) atoms. The number of hydrogen-bond donors (Lipinski definition) is 1. The Balaban J connectivity index is 1.77. The molecule has 0 aromatic heterocycles. The highest BCUT2D eigenvalue weighted by atomic mass is 16.5. The third-order valence-corrected chi connectivity index (χ3v) is 4.12. The first-order valence-electron chi connectivity index (χ1n) is 7.81. The maximum Gasteiger partial charge on any atom is 0.253 e. The second-order valence-electron chi connectivity index (χ2n) is 5.72. The second-order valence-corrected chi connectivity index (χ2v) is 5.72. The number of carbonyl (C=O) groups is 1. The summed E-state index contributed by atoms with van der Waals surface area (Å²) in [6.07, 6.45) is 0.583. The predicted octanol–water partition coefficient (Wildman–Crippen LogP) is 1.46. The smallest absolute Gasteiger partial charge is 0.253 e. The summed E-state index contributed by atoms with van der Waals surface area (Å²) >= 11 is 0. The minimum atomic E-state index is -0.535. The maximum atomic E-state index is 12.3. The Morgan fingerprint density at radius 1 is 1.36 bits per heavy atom. The van der Waals surface area contributed by atoms with Gasteiger partial charge in [0.25, 0.3) is 5.91 Å². The zero-order chi connectivity index (χ0) is 15.8. The van der Waals surface area contributed by atoms with Crippen LogP contribution in [0.3, 0.4) is 0 Å². The summed E-state index contributed by atoms with van der Waals surface area (Å²) in [5, 5.41) is 3.03. The zero-order valence-corrected chi connectivity index (χ0v) is 13.5. The van der Waals surface area contributed by atoms with Gasteiger partial charge in [0.1, 0.15) is 0 Å². The monoisotopic (exact) mass is 306 g/mol. The molecule has 1 aromatic rings. The minimum absolute atomic E-state index is 0.0657. The van der Waals surface area contributed by atoms with E-state index in [0.717, 1.165) is 38.2 Å². The van der Waals surface area contributed by atoms with E-state index < -0.39 is 6.10 Å². The van der Waals surface area contributed by atoms with Crippen molar-refractivity contribution in [3.8, 4) is 0 Å². The number of likely N-dealkylation sites (tertiary alicyclic amines) is 1. The molecule has 5 nitrogen and oxygen atoms in total. The fourth-order valence-corrected chi connectivity index (χ4v) is 2.86. The Bertz CT molecular complexity index is 452. The number of rotatable bonds is 8. The number of benzene rings is 1. The number of methoxy groups -OCH3 is 2. The van der Waals surface area contributed by atoms with Crippen molar-refractivity contribution in [1.29, 1.82) is 0 Å². The molecule has 122 valence electrons. The van der Waals surface area contributed by atoms with Gasteiger partial charge in [0.2, 0.25) is 0 Å². The molecule has 1 N–H and O–H groups in total. The molecule has 0 saturated carbocycles. The Morgan fingerprint density at radius 2 is 2.14 bits per heavy atom. The molecule has 1 aromatic carbocycles. The van der Waals surface area contributed by atoms with Gasteiger partial charge < -0.3 is 19.7 Å². The van der Waals surface area contributed by atoms with Crippen LogP contribution in [-0.2, 0) is 14.3 Å². The summed E-state index contributed by atoms with van der Waals surface area (Å²) < 4.78 is 10.5. The number of hydrogen-bond acceptors (Lipinski definition) is 4. The van der Waals surface area contributed by atoms with Gasteiger partial charge in [0, 0.05) is 33.9 Å². The van der Waals surface area contributed by atoms with Gasteiger partial charge in [-0.1, -0.05) is 30.3 Å². The lowest BCUT2D eigenvalue weighted by Gasteiger charge is -2.18. The van der Waals surface area contributed by atoms with Gasteiger partial charge in [-0.2, -0.15) is 0 Å². The van der Waals surface area contributed by atoms with Crippen LogP contribution in [0.15, 0.2) is 30.3 Å². The van der Waals surface area contributed by atoms with Crippen LogP contribution < -0.4 is 5.32 Å². The topological polar surface area (TPSA) is 50.8 Å². The van der Waals surface area contributed by atoms with Crippen molar-refractivity contribution in [3.05, 3.63) is 35.9 Å². The molecule has 1 heterocycles. The molecule has 1 fully saturated rings. The number of nitrogens with zero attached hydrogens (tertiary/aromatic N) is 1. The summed E-state index contributed by atoms with van der Waals surface area (Å²) in [4.78, 5) is 14.7. The van der Waals surface area contributed by atoms with Crippen LogP contribution in [0.5, 0.6) is 0 Å². The second kappa shape index (κ2) is 8.88. The Hall–Kier alpha value is -1.43. The summed E-state index contributed by atoms with van der Waals surface area (Å²) in [5.74, 6) is 0.443. The molecular formula is C17H26N2O3. The van der Waals surface area contributed by atoms with Gasteiger partial charge in [-0.3, -0.25) is 4.79 Å². The quantitative estimate of drug-likeness (QED) is 0.790. The van der Waals surface area contributed by atoms with Crippen molar-refractivity contribution in [1.82, 2.24) is 10.2 Å². The van der Waals surface area contributed by atoms with Crippen molar-refractivity contribution in [2.45, 2.75) is 12.5 Å². The highest BCUT2D eigenvalue weighted by molar-refractivity contribution is 5.82. The lowest BCUT2D eigenvalue weighted by atomic mass is 10.1. The van der Waals surface area contributed by atoms with Crippen molar-refractivity contribution >= 4 is 5.91 Å². The predicted molar refractivity (Wildman–Crippen MR) is 85.6 cm³/mol. The summed E-state index contributed by atoms with van der Waals surface area (Å²) in [7, 11) is 3.29. The summed E-state index contributed by atoms with van der Waals surface area (Å²) in [5.41, 5.74) is 0.885. The highest BCUT2D eigenvalue weighted by Gasteiger charge is 2.25. The first kappa shape index (κ1) is 16.9. The van der Waals surface area contributed by atoms with Crippen LogP contribution in [0.1, 0.15) is 18.1 Å². The molecule has 2 atom stereocenters. The fraction of sp³-hybridized carbons (Fsp3) is 0.588.